The van der Waals surface area contributed by atoms with Crippen LogP contribution in [0.5, 0.6) is 0 Å². The van der Waals surface area contributed by atoms with Crippen molar-refractivity contribution < 1.29 is 19.7 Å². The number of aliphatic hydroxyl groups excluding tert-OH is 1. The number of ether oxygens (including phenoxy) is 1. The molecule has 1 heterocycles. The van der Waals surface area contributed by atoms with Gasteiger partial charge in [0.15, 0.2) is 0 Å². The average molecular weight is 266 g/mol. The molecule has 0 aromatic heterocycles. The molecule has 4 heteroatoms. The van der Waals surface area contributed by atoms with Gasteiger partial charge in [-0.3, -0.25) is 4.79 Å². The Bertz CT molecular complexity index is 487. The molecule has 106 valence electrons. The number of esters is 1. The quantitative estimate of drug-likeness (QED) is 0.644. The highest BCUT2D eigenvalue weighted by atomic mass is 16.6. The first-order chi connectivity index (χ1) is 8.68. The molecule has 1 saturated heterocycles. The van der Waals surface area contributed by atoms with Crippen molar-refractivity contribution in [3.8, 4) is 0 Å². The van der Waals surface area contributed by atoms with E-state index in [9.17, 15) is 15.0 Å². The number of hydrogen-bond donors (Lipinski definition) is 2. The van der Waals surface area contributed by atoms with Gasteiger partial charge in [0.2, 0.25) is 0 Å². The molecule has 4 fully saturated rings. The Morgan fingerprint density at radius 1 is 1.26 bits per heavy atom. The van der Waals surface area contributed by atoms with Gasteiger partial charge in [-0.25, -0.2) is 0 Å². The second kappa shape index (κ2) is 2.86. The molecule has 3 aliphatic carbocycles. The van der Waals surface area contributed by atoms with Crippen LogP contribution in [0.25, 0.3) is 0 Å². The van der Waals surface area contributed by atoms with Gasteiger partial charge in [-0.05, 0) is 41.9 Å². The molecule has 4 aliphatic rings. The minimum atomic E-state index is -1.36. The summed E-state index contributed by atoms with van der Waals surface area (Å²) in [4.78, 5) is 12.2. The van der Waals surface area contributed by atoms with Gasteiger partial charge in [-0.2, -0.15) is 0 Å². The van der Waals surface area contributed by atoms with Crippen LogP contribution in [-0.4, -0.2) is 34.5 Å². The second-order valence-corrected chi connectivity index (χ2v) is 8.29. The number of aliphatic hydroxyl groups is 2. The van der Waals surface area contributed by atoms with Crippen LogP contribution in [0.2, 0.25) is 0 Å². The molecule has 1 spiro atoms. The third-order valence-corrected chi connectivity index (χ3v) is 6.78. The van der Waals surface area contributed by atoms with E-state index in [0.29, 0.717) is 12.3 Å². The smallest absolute Gasteiger partial charge is 0.315 e. The van der Waals surface area contributed by atoms with Gasteiger partial charge in [0.05, 0.1) is 6.10 Å². The molecule has 0 radical (unpaired) electrons. The molecule has 2 N–H and O–H groups in total. The minimum Gasteiger partial charge on any atom is -0.462 e. The molecule has 0 aromatic carbocycles. The van der Waals surface area contributed by atoms with Crippen molar-refractivity contribution in [2.75, 3.05) is 6.61 Å². The third-order valence-electron chi connectivity index (χ3n) is 6.78. The zero-order valence-electron chi connectivity index (χ0n) is 11.8. The summed E-state index contributed by atoms with van der Waals surface area (Å²) in [7, 11) is 0. The largest absolute Gasteiger partial charge is 0.462 e. The van der Waals surface area contributed by atoms with E-state index in [2.05, 4.69) is 20.8 Å². The number of carbonyl (C=O) groups is 1. The third kappa shape index (κ3) is 1.03. The molecule has 4 nitrogen and oxygen atoms in total. The predicted molar refractivity (Wildman–Crippen MR) is 67.1 cm³/mol. The van der Waals surface area contributed by atoms with Crippen molar-refractivity contribution in [2.45, 2.75) is 51.7 Å². The Balaban J connectivity index is 1.85. The van der Waals surface area contributed by atoms with E-state index in [1.165, 1.54) is 0 Å². The molecule has 0 bridgehead atoms. The van der Waals surface area contributed by atoms with E-state index in [1.54, 1.807) is 0 Å². The van der Waals surface area contributed by atoms with E-state index >= 15 is 0 Å². The Morgan fingerprint density at radius 3 is 2.63 bits per heavy atom. The Morgan fingerprint density at radius 2 is 1.95 bits per heavy atom. The van der Waals surface area contributed by atoms with E-state index in [0.717, 1.165) is 12.8 Å². The van der Waals surface area contributed by atoms with Crippen LogP contribution in [0.4, 0.5) is 0 Å². The maximum atomic E-state index is 12.2. The predicted octanol–water partition coefficient (Wildman–Crippen LogP) is 1.10. The van der Waals surface area contributed by atoms with E-state index in [1.807, 2.05) is 0 Å². The number of hydrogen-bond acceptors (Lipinski definition) is 4. The Hall–Kier alpha value is -0.610. The normalized spacial score (nSPS) is 61.1. The van der Waals surface area contributed by atoms with Crippen molar-refractivity contribution in [1.29, 1.82) is 0 Å². The highest BCUT2D eigenvalue weighted by Crippen LogP contribution is 2.82. The summed E-state index contributed by atoms with van der Waals surface area (Å²) in [6.07, 6.45) is 1.78. The van der Waals surface area contributed by atoms with Crippen molar-refractivity contribution >= 4 is 5.97 Å². The van der Waals surface area contributed by atoms with Gasteiger partial charge in [0.25, 0.3) is 0 Å². The molecule has 4 rings (SSSR count). The maximum absolute atomic E-state index is 12.2. The first-order valence-electron chi connectivity index (χ1n) is 7.26. The number of carbonyl (C=O) groups excluding carboxylic acids is 1. The van der Waals surface area contributed by atoms with Crippen molar-refractivity contribution in [2.24, 2.45) is 28.1 Å². The highest BCUT2D eigenvalue weighted by Gasteiger charge is 2.89. The molecule has 1 aliphatic heterocycles. The Labute approximate surface area is 113 Å². The van der Waals surface area contributed by atoms with Crippen molar-refractivity contribution in [1.82, 2.24) is 0 Å². The molecule has 6 atom stereocenters. The van der Waals surface area contributed by atoms with E-state index < -0.39 is 17.1 Å². The van der Waals surface area contributed by atoms with Crippen LogP contribution in [0, 0.1) is 28.1 Å². The molecular weight excluding hydrogens is 244 g/mol. The van der Waals surface area contributed by atoms with Crippen molar-refractivity contribution in [3.63, 3.8) is 0 Å². The minimum absolute atomic E-state index is 0.0355. The van der Waals surface area contributed by atoms with Gasteiger partial charge in [-0.15, -0.1) is 0 Å². The summed E-state index contributed by atoms with van der Waals surface area (Å²) < 4.78 is 5.15. The fourth-order valence-electron chi connectivity index (χ4n) is 5.84. The maximum Gasteiger partial charge on any atom is 0.315 e. The SMILES string of the molecule is CC1(C)C[C@@H]2[C@H](C1)[C@@]1(C)C[C@]13C(=O)OC[C@]3(O)[C@H]2O. The van der Waals surface area contributed by atoms with Gasteiger partial charge in [0, 0.05) is 0 Å². The monoisotopic (exact) mass is 266 g/mol. The van der Waals surface area contributed by atoms with Crippen LogP contribution in [0.1, 0.15) is 40.0 Å². The van der Waals surface area contributed by atoms with Crippen LogP contribution in [0.15, 0.2) is 0 Å². The van der Waals surface area contributed by atoms with Crippen LogP contribution >= 0.6 is 0 Å². The number of fused-ring (bicyclic) bond motifs is 2. The van der Waals surface area contributed by atoms with Gasteiger partial charge >= 0.3 is 5.97 Å². The number of rotatable bonds is 0. The molecule has 3 saturated carbocycles. The average Bonchev–Trinajstić information content (AvgIpc) is 2.73. The van der Waals surface area contributed by atoms with Gasteiger partial charge in [-0.1, -0.05) is 20.8 Å². The summed E-state index contributed by atoms with van der Waals surface area (Å²) in [6.45, 7) is 6.50. The molecule has 0 aromatic rings. The first-order valence-corrected chi connectivity index (χ1v) is 7.26. The zero-order chi connectivity index (χ0) is 13.8. The summed E-state index contributed by atoms with van der Waals surface area (Å²) in [5.74, 6) is 0.123. The lowest BCUT2D eigenvalue weighted by atomic mass is 9.61. The Kier molecular flexibility index (Phi) is 1.83. The summed E-state index contributed by atoms with van der Waals surface area (Å²) in [6, 6.07) is 0. The standard InChI is InChI=1S/C15H22O4/c1-12(2)4-8-9(5-12)13(3)6-14(13)11(17)19-7-15(14,18)10(8)16/h8-10,16,18H,4-7H2,1-3H3/t8-,9+,10+,13-,14+,15+/m1/s1. The van der Waals surface area contributed by atoms with Crippen LogP contribution in [-0.2, 0) is 9.53 Å². The van der Waals surface area contributed by atoms with Crippen LogP contribution in [0.3, 0.4) is 0 Å². The number of cyclic esters (lactones) is 1. The zero-order valence-corrected chi connectivity index (χ0v) is 11.8. The summed E-state index contributed by atoms with van der Waals surface area (Å²) in [5, 5.41) is 21.6. The fourth-order valence-corrected chi connectivity index (χ4v) is 5.84. The molecule has 19 heavy (non-hydrogen) atoms. The first kappa shape index (κ1) is 12.2. The lowest BCUT2D eigenvalue weighted by Crippen LogP contribution is -2.60. The van der Waals surface area contributed by atoms with Gasteiger partial charge in [0.1, 0.15) is 17.6 Å². The lowest BCUT2D eigenvalue weighted by Gasteiger charge is -2.46. The van der Waals surface area contributed by atoms with Crippen molar-refractivity contribution in [3.05, 3.63) is 0 Å². The van der Waals surface area contributed by atoms with E-state index in [-0.39, 0.29) is 29.3 Å². The van der Waals surface area contributed by atoms with Crippen LogP contribution < -0.4 is 0 Å². The lowest BCUT2D eigenvalue weighted by molar-refractivity contribution is -0.176. The summed E-state index contributed by atoms with van der Waals surface area (Å²) >= 11 is 0. The fraction of sp³-hybridized carbons (Fsp3) is 0.933. The second-order valence-electron chi connectivity index (χ2n) is 8.29. The summed E-state index contributed by atoms with van der Waals surface area (Å²) in [5.41, 5.74) is -2.20. The van der Waals surface area contributed by atoms with E-state index in [4.69, 9.17) is 4.74 Å². The topological polar surface area (TPSA) is 66.8 Å². The van der Waals surface area contributed by atoms with Gasteiger partial charge < -0.3 is 14.9 Å². The molecule has 0 unspecified atom stereocenters. The highest BCUT2D eigenvalue weighted by molar-refractivity contribution is 5.87. The molecular formula is C15H22O4. The molecule has 0 amide bonds.